The van der Waals surface area contributed by atoms with Crippen molar-refractivity contribution in [1.29, 1.82) is 0 Å². The largest absolute Gasteiger partial charge is 0.327 e. The summed E-state index contributed by atoms with van der Waals surface area (Å²) in [4.78, 5) is 4.19. The van der Waals surface area contributed by atoms with E-state index < -0.39 is 0 Å². The summed E-state index contributed by atoms with van der Waals surface area (Å²) in [5.41, 5.74) is 7.52. The first-order chi connectivity index (χ1) is 7.31. The van der Waals surface area contributed by atoms with Crippen LogP contribution in [0.4, 0.5) is 0 Å². The van der Waals surface area contributed by atoms with Gasteiger partial charge in [-0.2, -0.15) is 0 Å². The second kappa shape index (κ2) is 4.75. The van der Waals surface area contributed by atoms with E-state index in [1.54, 1.807) is 0 Å². The van der Waals surface area contributed by atoms with Gasteiger partial charge in [0.1, 0.15) is 0 Å². The molecule has 2 rings (SSSR count). The Kier molecular flexibility index (Phi) is 3.37. The van der Waals surface area contributed by atoms with E-state index in [2.05, 4.69) is 18.0 Å². The predicted molar refractivity (Wildman–Crippen MR) is 62.6 cm³/mol. The topological polar surface area (TPSA) is 38.9 Å². The zero-order valence-electron chi connectivity index (χ0n) is 9.39. The molecule has 0 aliphatic heterocycles. The Bertz CT molecular complexity index is 297. The van der Waals surface area contributed by atoms with E-state index in [1.165, 1.54) is 24.8 Å². The Morgan fingerprint density at radius 1 is 1.47 bits per heavy atom. The molecule has 1 aromatic heterocycles. The summed E-state index contributed by atoms with van der Waals surface area (Å²) in [5, 5.41) is 0. The lowest BCUT2D eigenvalue weighted by Gasteiger charge is -2.33. The highest BCUT2D eigenvalue weighted by Gasteiger charge is 2.28. The molecular weight excluding hydrogens is 184 g/mol. The Morgan fingerprint density at radius 3 is 3.00 bits per heavy atom. The SMILES string of the molecule is CCC1CCC(N)C(c2cccnc2)C1. The van der Waals surface area contributed by atoms with Crippen LogP contribution < -0.4 is 5.73 Å². The van der Waals surface area contributed by atoms with Crippen molar-refractivity contribution >= 4 is 0 Å². The van der Waals surface area contributed by atoms with Crippen LogP contribution >= 0.6 is 0 Å². The summed E-state index contributed by atoms with van der Waals surface area (Å²) in [6, 6.07) is 4.50. The summed E-state index contributed by atoms with van der Waals surface area (Å²) in [7, 11) is 0. The molecule has 2 nitrogen and oxygen atoms in total. The lowest BCUT2D eigenvalue weighted by molar-refractivity contribution is 0.282. The van der Waals surface area contributed by atoms with Gasteiger partial charge >= 0.3 is 0 Å². The molecule has 1 aliphatic carbocycles. The number of aromatic nitrogens is 1. The van der Waals surface area contributed by atoms with Gasteiger partial charge in [0, 0.05) is 24.4 Å². The maximum absolute atomic E-state index is 6.20. The van der Waals surface area contributed by atoms with Gasteiger partial charge in [-0.25, -0.2) is 0 Å². The fraction of sp³-hybridized carbons (Fsp3) is 0.615. The highest BCUT2D eigenvalue weighted by atomic mass is 14.7. The van der Waals surface area contributed by atoms with Gasteiger partial charge in [0.2, 0.25) is 0 Å². The minimum Gasteiger partial charge on any atom is -0.327 e. The van der Waals surface area contributed by atoms with Crippen molar-refractivity contribution in [3.8, 4) is 0 Å². The maximum atomic E-state index is 6.20. The first-order valence-electron chi connectivity index (χ1n) is 5.96. The molecule has 3 atom stereocenters. The molecule has 0 aromatic carbocycles. The van der Waals surface area contributed by atoms with Crippen LogP contribution in [0.15, 0.2) is 24.5 Å². The quantitative estimate of drug-likeness (QED) is 0.804. The van der Waals surface area contributed by atoms with Crippen LogP contribution in [0.1, 0.15) is 44.1 Å². The van der Waals surface area contributed by atoms with E-state index in [0.29, 0.717) is 12.0 Å². The fourth-order valence-electron chi connectivity index (χ4n) is 2.63. The maximum Gasteiger partial charge on any atom is 0.0303 e. The molecular formula is C13H20N2. The molecule has 0 saturated heterocycles. The molecule has 0 spiro atoms. The minimum absolute atomic E-state index is 0.331. The minimum atomic E-state index is 0.331. The summed E-state index contributed by atoms with van der Waals surface area (Å²) in [6.07, 6.45) is 8.79. The normalized spacial score (nSPS) is 31.5. The number of hydrogen-bond donors (Lipinski definition) is 1. The van der Waals surface area contributed by atoms with Gasteiger partial charge in [-0.15, -0.1) is 0 Å². The van der Waals surface area contributed by atoms with Crippen molar-refractivity contribution in [1.82, 2.24) is 4.98 Å². The van der Waals surface area contributed by atoms with Crippen molar-refractivity contribution < 1.29 is 0 Å². The Morgan fingerprint density at radius 2 is 2.33 bits per heavy atom. The van der Waals surface area contributed by atoms with Crippen molar-refractivity contribution in [2.75, 3.05) is 0 Å². The van der Waals surface area contributed by atoms with Gasteiger partial charge in [-0.05, 0) is 36.8 Å². The van der Waals surface area contributed by atoms with Crippen LogP contribution in [-0.2, 0) is 0 Å². The fourth-order valence-corrected chi connectivity index (χ4v) is 2.63. The average molecular weight is 204 g/mol. The summed E-state index contributed by atoms with van der Waals surface area (Å²) < 4.78 is 0. The zero-order chi connectivity index (χ0) is 10.7. The standard InChI is InChI=1S/C13H20N2/c1-2-10-5-6-13(14)12(8-10)11-4-3-7-15-9-11/h3-4,7,9-10,12-13H,2,5-6,8,14H2,1H3. The van der Waals surface area contributed by atoms with Gasteiger partial charge in [-0.1, -0.05) is 19.4 Å². The third kappa shape index (κ3) is 2.37. The van der Waals surface area contributed by atoms with Gasteiger partial charge in [-0.3, -0.25) is 4.98 Å². The van der Waals surface area contributed by atoms with E-state index >= 15 is 0 Å². The third-order valence-electron chi connectivity index (χ3n) is 3.70. The summed E-state index contributed by atoms with van der Waals surface area (Å²) >= 11 is 0. The number of pyridine rings is 1. The van der Waals surface area contributed by atoms with Gasteiger partial charge in [0.15, 0.2) is 0 Å². The van der Waals surface area contributed by atoms with E-state index in [4.69, 9.17) is 5.73 Å². The highest BCUT2D eigenvalue weighted by Crippen LogP contribution is 2.36. The van der Waals surface area contributed by atoms with Crippen LogP contribution in [0.2, 0.25) is 0 Å². The van der Waals surface area contributed by atoms with E-state index in [0.717, 1.165) is 12.3 Å². The molecule has 2 N–H and O–H groups in total. The second-order valence-electron chi connectivity index (χ2n) is 4.64. The Balaban J connectivity index is 2.13. The third-order valence-corrected chi connectivity index (χ3v) is 3.70. The molecule has 1 saturated carbocycles. The van der Waals surface area contributed by atoms with Crippen LogP contribution in [0.5, 0.6) is 0 Å². The zero-order valence-corrected chi connectivity index (χ0v) is 9.39. The Hall–Kier alpha value is -0.890. The molecule has 2 heteroatoms. The van der Waals surface area contributed by atoms with Gasteiger partial charge in [0.05, 0.1) is 0 Å². The van der Waals surface area contributed by atoms with Crippen molar-refractivity contribution in [3.63, 3.8) is 0 Å². The number of nitrogens with two attached hydrogens (primary N) is 1. The van der Waals surface area contributed by atoms with Crippen molar-refractivity contribution in [3.05, 3.63) is 30.1 Å². The van der Waals surface area contributed by atoms with Gasteiger partial charge in [0.25, 0.3) is 0 Å². The van der Waals surface area contributed by atoms with E-state index in [9.17, 15) is 0 Å². The van der Waals surface area contributed by atoms with Crippen LogP contribution in [0.3, 0.4) is 0 Å². The summed E-state index contributed by atoms with van der Waals surface area (Å²) in [5.74, 6) is 1.38. The number of nitrogens with zero attached hydrogens (tertiary/aromatic N) is 1. The first kappa shape index (κ1) is 10.6. The smallest absolute Gasteiger partial charge is 0.0303 e. The highest BCUT2D eigenvalue weighted by molar-refractivity contribution is 5.18. The van der Waals surface area contributed by atoms with Gasteiger partial charge < -0.3 is 5.73 Å². The van der Waals surface area contributed by atoms with Crippen molar-refractivity contribution in [2.24, 2.45) is 11.7 Å². The monoisotopic (exact) mass is 204 g/mol. The molecule has 3 unspecified atom stereocenters. The van der Waals surface area contributed by atoms with Crippen molar-refractivity contribution in [2.45, 2.75) is 44.6 Å². The molecule has 0 radical (unpaired) electrons. The van der Waals surface area contributed by atoms with E-state index in [-0.39, 0.29) is 0 Å². The lowest BCUT2D eigenvalue weighted by Crippen LogP contribution is -2.34. The Labute approximate surface area is 91.9 Å². The molecule has 1 aliphatic rings. The molecule has 0 bridgehead atoms. The average Bonchev–Trinajstić information content (AvgIpc) is 2.31. The molecule has 1 aromatic rings. The predicted octanol–water partition coefficient (Wildman–Crippen LogP) is 2.70. The van der Waals surface area contributed by atoms with Crippen LogP contribution in [0.25, 0.3) is 0 Å². The molecule has 82 valence electrons. The summed E-state index contributed by atoms with van der Waals surface area (Å²) in [6.45, 7) is 2.28. The lowest BCUT2D eigenvalue weighted by atomic mass is 9.74. The molecule has 15 heavy (non-hydrogen) atoms. The molecule has 1 fully saturated rings. The molecule has 1 heterocycles. The first-order valence-corrected chi connectivity index (χ1v) is 5.96. The number of rotatable bonds is 2. The molecule has 0 amide bonds. The van der Waals surface area contributed by atoms with Crippen LogP contribution in [0, 0.1) is 5.92 Å². The second-order valence-corrected chi connectivity index (χ2v) is 4.64. The van der Waals surface area contributed by atoms with Crippen LogP contribution in [-0.4, -0.2) is 11.0 Å². The van der Waals surface area contributed by atoms with E-state index in [1.807, 2.05) is 18.5 Å². The number of hydrogen-bond acceptors (Lipinski definition) is 2.